The maximum absolute atomic E-state index is 6.03. The Bertz CT molecular complexity index is 297. The van der Waals surface area contributed by atoms with Crippen molar-refractivity contribution in [2.45, 2.75) is 38.6 Å². The molecule has 92 valence electrons. The number of hydrogen-bond donors (Lipinski definition) is 1. The van der Waals surface area contributed by atoms with Crippen LogP contribution in [0.4, 0.5) is 0 Å². The lowest BCUT2D eigenvalue weighted by atomic mass is 9.95. The second-order valence-corrected chi connectivity index (χ2v) is 4.52. The van der Waals surface area contributed by atoms with E-state index >= 15 is 0 Å². The highest BCUT2D eigenvalue weighted by Crippen LogP contribution is 2.16. The van der Waals surface area contributed by atoms with Crippen LogP contribution in [0.3, 0.4) is 0 Å². The van der Waals surface area contributed by atoms with Crippen LogP contribution in [0.1, 0.15) is 32.5 Å². The SMILES string of the molecule is CCC(CC)(CCl)NCCc1nccn1C. The first-order valence-corrected chi connectivity index (χ1v) is 6.48. The van der Waals surface area contributed by atoms with Gasteiger partial charge in [-0.25, -0.2) is 4.98 Å². The first kappa shape index (κ1) is 13.5. The minimum Gasteiger partial charge on any atom is -0.338 e. The van der Waals surface area contributed by atoms with Crippen LogP contribution in [-0.4, -0.2) is 27.5 Å². The van der Waals surface area contributed by atoms with E-state index in [2.05, 4.69) is 28.7 Å². The molecule has 3 nitrogen and oxygen atoms in total. The molecule has 0 atom stereocenters. The molecule has 1 N–H and O–H groups in total. The van der Waals surface area contributed by atoms with E-state index in [0.29, 0.717) is 5.88 Å². The molecule has 0 amide bonds. The zero-order valence-electron chi connectivity index (χ0n) is 10.5. The zero-order chi connectivity index (χ0) is 12.0. The van der Waals surface area contributed by atoms with Crippen LogP contribution >= 0.6 is 11.6 Å². The molecule has 4 heteroatoms. The molecule has 0 aliphatic rings. The Balaban J connectivity index is 2.42. The predicted molar refractivity (Wildman–Crippen MR) is 68.9 cm³/mol. The molecule has 0 aliphatic carbocycles. The van der Waals surface area contributed by atoms with Gasteiger partial charge in [0.2, 0.25) is 0 Å². The largest absolute Gasteiger partial charge is 0.338 e. The van der Waals surface area contributed by atoms with Crippen molar-refractivity contribution in [3.63, 3.8) is 0 Å². The molecule has 0 aliphatic heterocycles. The first-order chi connectivity index (χ1) is 7.67. The van der Waals surface area contributed by atoms with Gasteiger partial charge in [-0.05, 0) is 12.8 Å². The molecule has 1 aromatic rings. The van der Waals surface area contributed by atoms with Crippen molar-refractivity contribution in [1.82, 2.24) is 14.9 Å². The summed E-state index contributed by atoms with van der Waals surface area (Å²) in [4.78, 5) is 4.30. The third kappa shape index (κ3) is 3.22. The molecule has 0 unspecified atom stereocenters. The van der Waals surface area contributed by atoms with Crippen molar-refractivity contribution in [2.24, 2.45) is 7.05 Å². The van der Waals surface area contributed by atoms with Crippen LogP contribution in [-0.2, 0) is 13.5 Å². The number of aryl methyl sites for hydroxylation is 1. The van der Waals surface area contributed by atoms with Crippen LogP contribution < -0.4 is 5.32 Å². The summed E-state index contributed by atoms with van der Waals surface area (Å²) in [5, 5.41) is 3.56. The number of hydrogen-bond acceptors (Lipinski definition) is 2. The lowest BCUT2D eigenvalue weighted by Gasteiger charge is -2.30. The summed E-state index contributed by atoms with van der Waals surface area (Å²) in [6.45, 7) is 5.29. The normalized spacial score (nSPS) is 12.0. The Hall–Kier alpha value is -0.540. The summed E-state index contributed by atoms with van der Waals surface area (Å²) >= 11 is 6.03. The van der Waals surface area contributed by atoms with Crippen LogP contribution in [0.2, 0.25) is 0 Å². The van der Waals surface area contributed by atoms with Gasteiger partial charge in [-0.2, -0.15) is 0 Å². The van der Waals surface area contributed by atoms with Gasteiger partial charge in [-0.1, -0.05) is 13.8 Å². The van der Waals surface area contributed by atoms with Crippen molar-refractivity contribution in [2.75, 3.05) is 12.4 Å². The minimum atomic E-state index is 0.0900. The van der Waals surface area contributed by atoms with E-state index in [1.807, 2.05) is 19.4 Å². The number of alkyl halides is 1. The molecule has 0 saturated heterocycles. The fourth-order valence-electron chi connectivity index (χ4n) is 1.81. The molecule has 0 fully saturated rings. The molecule has 0 bridgehead atoms. The number of nitrogens with zero attached hydrogens (tertiary/aromatic N) is 2. The number of halogens is 1. The molecule has 1 aromatic heterocycles. The fourth-order valence-corrected chi connectivity index (χ4v) is 2.29. The molecular weight excluding hydrogens is 222 g/mol. The van der Waals surface area contributed by atoms with E-state index in [1.54, 1.807) is 0 Å². The molecule has 1 heterocycles. The Morgan fingerprint density at radius 1 is 1.44 bits per heavy atom. The van der Waals surface area contributed by atoms with E-state index in [1.165, 1.54) is 0 Å². The summed E-state index contributed by atoms with van der Waals surface area (Å²) in [5.74, 6) is 1.78. The monoisotopic (exact) mass is 243 g/mol. The third-order valence-electron chi connectivity index (χ3n) is 3.38. The van der Waals surface area contributed by atoms with Crippen LogP contribution in [0, 0.1) is 0 Å². The number of nitrogens with one attached hydrogen (secondary N) is 1. The summed E-state index contributed by atoms with van der Waals surface area (Å²) in [7, 11) is 2.02. The quantitative estimate of drug-likeness (QED) is 0.746. The lowest BCUT2D eigenvalue weighted by molar-refractivity contribution is 0.337. The second-order valence-electron chi connectivity index (χ2n) is 4.25. The van der Waals surface area contributed by atoms with Crippen molar-refractivity contribution in [3.05, 3.63) is 18.2 Å². The van der Waals surface area contributed by atoms with Crippen molar-refractivity contribution in [3.8, 4) is 0 Å². The first-order valence-electron chi connectivity index (χ1n) is 5.94. The van der Waals surface area contributed by atoms with E-state index < -0.39 is 0 Å². The predicted octanol–water partition coefficient (Wildman–Crippen LogP) is 2.35. The third-order valence-corrected chi connectivity index (χ3v) is 3.89. The van der Waals surface area contributed by atoms with Gasteiger partial charge in [-0.15, -0.1) is 11.6 Å². The van der Waals surface area contributed by atoms with Gasteiger partial charge in [0, 0.05) is 43.8 Å². The van der Waals surface area contributed by atoms with Gasteiger partial charge >= 0.3 is 0 Å². The topological polar surface area (TPSA) is 29.9 Å². The standard InChI is InChI=1S/C12H22ClN3/c1-4-12(5-2,10-13)15-7-6-11-14-8-9-16(11)3/h8-9,15H,4-7,10H2,1-3H3. The smallest absolute Gasteiger partial charge is 0.109 e. The summed E-state index contributed by atoms with van der Waals surface area (Å²) in [6, 6.07) is 0. The summed E-state index contributed by atoms with van der Waals surface area (Å²) in [5.41, 5.74) is 0.0900. The fraction of sp³-hybridized carbons (Fsp3) is 0.750. The highest BCUT2D eigenvalue weighted by atomic mass is 35.5. The maximum Gasteiger partial charge on any atom is 0.109 e. The van der Waals surface area contributed by atoms with Gasteiger partial charge in [-0.3, -0.25) is 0 Å². The van der Waals surface area contributed by atoms with Crippen molar-refractivity contribution >= 4 is 11.6 Å². The van der Waals surface area contributed by atoms with Gasteiger partial charge < -0.3 is 9.88 Å². The highest BCUT2D eigenvalue weighted by molar-refractivity contribution is 6.18. The average molecular weight is 244 g/mol. The minimum absolute atomic E-state index is 0.0900. The van der Waals surface area contributed by atoms with Crippen molar-refractivity contribution < 1.29 is 0 Å². The number of rotatable bonds is 7. The lowest BCUT2D eigenvalue weighted by Crippen LogP contribution is -2.46. The number of imidazole rings is 1. The summed E-state index contributed by atoms with van der Waals surface area (Å²) < 4.78 is 2.06. The molecule has 0 saturated carbocycles. The maximum atomic E-state index is 6.03. The Morgan fingerprint density at radius 3 is 2.56 bits per heavy atom. The van der Waals surface area contributed by atoms with Gasteiger partial charge in [0.1, 0.15) is 5.82 Å². The average Bonchev–Trinajstić information content (AvgIpc) is 2.71. The van der Waals surface area contributed by atoms with E-state index in [9.17, 15) is 0 Å². The van der Waals surface area contributed by atoms with E-state index in [0.717, 1.165) is 31.6 Å². The zero-order valence-corrected chi connectivity index (χ0v) is 11.2. The van der Waals surface area contributed by atoms with Crippen LogP contribution in [0.25, 0.3) is 0 Å². The molecule has 0 spiro atoms. The highest BCUT2D eigenvalue weighted by Gasteiger charge is 2.23. The van der Waals surface area contributed by atoms with Crippen LogP contribution in [0.15, 0.2) is 12.4 Å². The van der Waals surface area contributed by atoms with Crippen molar-refractivity contribution in [1.29, 1.82) is 0 Å². The second kappa shape index (κ2) is 6.26. The van der Waals surface area contributed by atoms with E-state index in [4.69, 9.17) is 11.6 Å². The Kier molecular flexibility index (Phi) is 5.29. The number of aromatic nitrogens is 2. The van der Waals surface area contributed by atoms with Gasteiger partial charge in [0.05, 0.1) is 0 Å². The molecule has 0 aromatic carbocycles. The van der Waals surface area contributed by atoms with E-state index in [-0.39, 0.29) is 5.54 Å². The Labute approximate surface area is 103 Å². The van der Waals surface area contributed by atoms with Crippen LogP contribution in [0.5, 0.6) is 0 Å². The Morgan fingerprint density at radius 2 is 2.12 bits per heavy atom. The molecule has 16 heavy (non-hydrogen) atoms. The summed E-state index contributed by atoms with van der Waals surface area (Å²) in [6.07, 6.45) is 6.89. The van der Waals surface area contributed by atoms with Gasteiger partial charge in [0.15, 0.2) is 0 Å². The molecule has 0 radical (unpaired) electrons. The van der Waals surface area contributed by atoms with Gasteiger partial charge in [0.25, 0.3) is 0 Å². The molecule has 1 rings (SSSR count). The molecular formula is C12H22ClN3.